The van der Waals surface area contributed by atoms with E-state index in [0.717, 1.165) is 35.1 Å². The van der Waals surface area contributed by atoms with Gasteiger partial charge >= 0.3 is 0 Å². The van der Waals surface area contributed by atoms with Crippen molar-refractivity contribution in [2.75, 3.05) is 13.7 Å². The Labute approximate surface area is 148 Å². The molecule has 0 amide bonds. The molecule has 1 aromatic carbocycles. The van der Waals surface area contributed by atoms with Gasteiger partial charge in [-0.1, -0.05) is 25.5 Å². The Balaban J connectivity index is 1.93. The lowest BCUT2D eigenvalue weighted by molar-refractivity contribution is 0.100. The lowest BCUT2D eigenvalue weighted by Crippen LogP contribution is -2.40. The Kier molecular flexibility index (Phi) is 5.36. The van der Waals surface area contributed by atoms with Crippen LogP contribution in [0.2, 0.25) is 0 Å². The second-order valence-corrected chi connectivity index (χ2v) is 6.74. The summed E-state index contributed by atoms with van der Waals surface area (Å²) in [4.78, 5) is 2.51. The van der Waals surface area contributed by atoms with E-state index >= 15 is 0 Å². The number of ether oxygens (including phenoxy) is 1. The Morgan fingerprint density at radius 2 is 2.08 bits per heavy atom. The van der Waals surface area contributed by atoms with Crippen molar-refractivity contribution in [1.82, 2.24) is 19.2 Å². The van der Waals surface area contributed by atoms with Crippen molar-refractivity contribution in [2.24, 2.45) is 7.05 Å². The van der Waals surface area contributed by atoms with Gasteiger partial charge in [0.2, 0.25) is 0 Å². The minimum atomic E-state index is 0.636. The molecule has 5 nitrogen and oxygen atoms in total. The van der Waals surface area contributed by atoms with E-state index in [1.807, 2.05) is 40.6 Å². The Bertz CT molecular complexity index is 752. The van der Waals surface area contributed by atoms with E-state index in [1.165, 1.54) is 25.7 Å². The van der Waals surface area contributed by atoms with Crippen molar-refractivity contribution in [3.05, 3.63) is 29.0 Å². The van der Waals surface area contributed by atoms with Crippen LogP contribution in [0.25, 0.3) is 11.4 Å². The molecule has 3 rings (SSSR count). The van der Waals surface area contributed by atoms with Gasteiger partial charge in [0.05, 0.1) is 19.3 Å². The van der Waals surface area contributed by atoms with Crippen LogP contribution in [-0.4, -0.2) is 38.9 Å². The monoisotopic (exact) mass is 346 g/mol. The predicted octanol–water partition coefficient (Wildman–Crippen LogP) is 3.85. The number of nitrogens with zero attached hydrogens (tertiary/aromatic N) is 4. The molecule has 0 unspecified atom stereocenters. The highest BCUT2D eigenvalue weighted by molar-refractivity contribution is 7.71. The third-order valence-corrected chi connectivity index (χ3v) is 5.41. The van der Waals surface area contributed by atoms with Crippen LogP contribution in [0, 0.1) is 4.77 Å². The van der Waals surface area contributed by atoms with Crippen LogP contribution < -0.4 is 4.74 Å². The van der Waals surface area contributed by atoms with Crippen molar-refractivity contribution in [2.45, 2.75) is 45.3 Å². The molecule has 1 aliphatic heterocycles. The molecule has 1 saturated heterocycles. The fourth-order valence-electron chi connectivity index (χ4n) is 3.52. The Hall–Kier alpha value is -1.66. The Morgan fingerprint density at radius 1 is 1.29 bits per heavy atom. The normalized spacial score (nSPS) is 18.7. The highest BCUT2D eigenvalue weighted by atomic mass is 32.1. The average molecular weight is 347 g/mol. The standard InChI is InChI=1S/C18H26N4OS/c1-4-14-9-7-8-12-21(14)13-22-18(24)20(2)17(19-22)15-10-5-6-11-16(15)23-3/h5-6,10-11,14H,4,7-9,12-13H2,1-3H3/t14-/m0/s1. The zero-order valence-corrected chi connectivity index (χ0v) is 15.6. The number of aromatic nitrogens is 3. The van der Waals surface area contributed by atoms with Gasteiger partial charge in [0.15, 0.2) is 10.6 Å². The number of para-hydroxylation sites is 1. The van der Waals surface area contributed by atoms with Gasteiger partial charge in [-0.25, -0.2) is 4.68 Å². The quantitative estimate of drug-likeness (QED) is 0.771. The van der Waals surface area contributed by atoms with E-state index in [4.69, 9.17) is 22.1 Å². The molecule has 24 heavy (non-hydrogen) atoms. The molecule has 1 atom stereocenters. The van der Waals surface area contributed by atoms with Gasteiger partial charge in [0, 0.05) is 19.6 Å². The Morgan fingerprint density at radius 3 is 2.83 bits per heavy atom. The number of likely N-dealkylation sites (tertiary alicyclic amines) is 1. The fourth-order valence-corrected chi connectivity index (χ4v) is 3.71. The van der Waals surface area contributed by atoms with Crippen molar-refractivity contribution < 1.29 is 4.74 Å². The maximum absolute atomic E-state index is 5.63. The number of hydrogen-bond donors (Lipinski definition) is 0. The van der Waals surface area contributed by atoms with Gasteiger partial charge in [-0.2, -0.15) is 5.10 Å². The SMILES string of the molecule is CC[C@H]1CCCCN1Cn1nc(-c2ccccc2OC)n(C)c1=S. The van der Waals surface area contributed by atoms with E-state index < -0.39 is 0 Å². The van der Waals surface area contributed by atoms with Crippen LogP contribution in [0.4, 0.5) is 0 Å². The molecular formula is C18H26N4OS. The van der Waals surface area contributed by atoms with Gasteiger partial charge in [-0.3, -0.25) is 4.90 Å². The molecule has 0 radical (unpaired) electrons. The van der Waals surface area contributed by atoms with Crippen molar-refractivity contribution >= 4 is 12.2 Å². The van der Waals surface area contributed by atoms with E-state index in [-0.39, 0.29) is 0 Å². The number of hydrogen-bond acceptors (Lipinski definition) is 4. The van der Waals surface area contributed by atoms with Crippen LogP contribution in [0.3, 0.4) is 0 Å². The third-order valence-electron chi connectivity index (χ3n) is 4.92. The maximum atomic E-state index is 5.63. The molecule has 1 aromatic heterocycles. The smallest absolute Gasteiger partial charge is 0.199 e. The molecule has 130 valence electrons. The van der Waals surface area contributed by atoms with Gasteiger partial charge in [-0.15, -0.1) is 0 Å². The molecule has 1 fully saturated rings. The van der Waals surface area contributed by atoms with Crippen molar-refractivity contribution in [3.63, 3.8) is 0 Å². The van der Waals surface area contributed by atoms with Gasteiger partial charge in [0.25, 0.3) is 0 Å². The first-order valence-electron chi connectivity index (χ1n) is 8.67. The van der Waals surface area contributed by atoms with Crippen molar-refractivity contribution in [1.29, 1.82) is 0 Å². The second-order valence-electron chi connectivity index (χ2n) is 6.38. The molecular weight excluding hydrogens is 320 g/mol. The minimum Gasteiger partial charge on any atom is -0.496 e. The van der Waals surface area contributed by atoms with E-state index in [9.17, 15) is 0 Å². The van der Waals surface area contributed by atoms with Gasteiger partial charge in [-0.05, 0) is 43.6 Å². The number of benzene rings is 1. The zero-order valence-electron chi connectivity index (χ0n) is 14.7. The maximum Gasteiger partial charge on any atom is 0.199 e. The van der Waals surface area contributed by atoms with E-state index in [0.29, 0.717) is 6.04 Å². The van der Waals surface area contributed by atoms with Gasteiger partial charge in [0.1, 0.15) is 5.75 Å². The number of methoxy groups -OCH3 is 1. The van der Waals surface area contributed by atoms with Crippen LogP contribution in [0.5, 0.6) is 5.75 Å². The van der Waals surface area contributed by atoms with Crippen LogP contribution in [0.15, 0.2) is 24.3 Å². The fraction of sp³-hybridized carbons (Fsp3) is 0.556. The lowest BCUT2D eigenvalue weighted by atomic mass is 10.0. The molecule has 0 bridgehead atoms. The lowest BCUT2D eigenvalue weighted by Gasteiger charge is -2.34. The molecule has 0 spiro atoms. The summed E-state index contributed by atoms with van der Waals surface area (Å²) < 4.78 is 10.1. The number of rotatable bonds is 5. The zero-order chi connectivity index (χ0) is 17.1. The first kappa shape index (κ1) is 17.2. The summed E-state index contributed by atoms with van der Waals surface area (Å²) in [6.45, 7) is 4.15. The van der Waals surface area contributed by atoms with E-state index in [1.54, 1.807) is 7.11 Å². The molecule has 0 saturated carbocycles. The topological polar surface area (TPSA) is 35.2 Å². The highest BCUT2D eigenvalue weighted by Gasteiger charge is 2.22. The van der Waals surface area contributed by atoms with Crippen molar-refractivity contribution in [3.8, 4) is 17.1 Å². The first-order chi connectivity index (χ1) is 11.7. The molecule has 2 heterocycles. The van der Waals surface area contributed by atoms with E-state index in [2.05, 4.69) is 11.8 Å². The summed E-state index contributed by atoms with van der Waals surface area (Å²) in [5, 5.41) is 4.80. The van der Waals surface area contributed by atoms with Crippen LogP contribution in [0.1, 0.15) is 32.6 Å². The summed E-state index contributed by atoms with van der Waals surface area (Å²) >= 11 is 5.63. The van der Waals surface area contributed by atoms with Crippen LogP contribution >= 0.6 is 12.2 Å². The summed E-state index contributed by atoms with van der Waals surface area (Å²) in [6.07, 6.45) is 5.04. The summed E-state index contributed by atoms with van der Waals surface area (Å²) in [5.41, 5.74) is 0.970. The predicted molar refractivity (Wildman–Crippen MR) is 98.7 cm³/mol. The average Bonchev–Trinajstić information content (AvgIpc) is 2.90. The largest absolute Gasteiger partial charge is 0.496 e. The molecule has 0 N–H and O–H groups in total. The summed E-state index contributed by atoms with van der Waals surface area (Å²) in [7, 11) is 3.66. The molecule has 6 heteroatoms. The molecule has 0 aliphatic carbocycles. The third kappa shape index (κ3) is 3.26. The van der Waals surface area contributed by atoms with Crippen LogP contribution in [-0.2, 0) is 13.7 Å². The number of piperidine rings is 1. The highest BCUT2D eigenvalue weighted by Crippen LogP contribution is 2.28. The molecule has 2 aromatic rings. The second kappa shape index (κ2) is 7.49. The summed E-state index contributed by atoms with van der Waals surface area (Å²) in [5.74, 6) is 1.67. The minimum absolute atomic E-state index is 0.636. The first-order valence-corrected chi connectivity index (χ1v) is 9.07. The molecule has 1 aliphatic rings. The van der Waals surface area contributed by atoms with Gasteiger partial charge < -0.3 is 9.30 Å². The summed E-state index contributed by atoms with van der Waals surface area (Å²) in [6, 6.07) is 8.58.